The van der Waals surface area contributed by atoms with Crippen molar-refractivity contribution in [3.63, 3.8) is 0 Å². The minimum atomic E-state index is -0.105. The number of hydrogen-bond donors (Lipinski definition) is 2. The van der Waals surface area contributed by atoms with E-state index >= 15 is 0 Å². The molecule has 8 heteroatoms. The maximum atomic E-state index is 12.1. The number of nitrogens with one attached hydrogen (secondary N) is 2. The number of benzene rings is 2. The normalized spacial score (nSPS) is 11.1. The topological polar surface area (TPSA) is 83.6 Å². The Morgan fingerprint density at radius 1 is 1.12 bits per heavy atom. The molecule has 2 aromatic heterocycles. The number of anilines is 1. The monoisotopic (exact) mass is 461 g/mol. The highest BCUT2D eigenvalue weighted by atomic mass is 127. The number of hydrogen-bond acceptors (Lipinski definition) is 5. The van der Waals surface area contributed by atoms with Gasteiger partial charge in [-0.1, -0.05) is 30.0 Å². The van der Waals surface area contributed by atoms with Gasteiger partial charge in [0.1, 0.15) is 5.52 Å². The van der Waals surface area contributed by atoms with E-state index in [9.17, 15) is 4.79 Å². The number of aromatic amines is 1. The van der Waals surface area contributed by atoms with Crippen LogP contribution < -0.4 is 5.32 Å². The number of amides is 1. The Kier molecular flexibility index (Phi) is 4.53. The summed E-state index contributed by atoms with van der Waals surface area (Å²) in [5.41, 5.74) is 3.16. The summed E-state index contributed by atoms with van der Waals surface area (Å²) in [6.45, 7) is 0. The number of carbonyl (C=O) groups excluding carboxylic acids is 1. The van der Waals surface area contributed by atoms with Crippen LogP contribution in [-0.2, 0) is 4.79 Å². The SMILES string of the molecule is O=C(CSc1nnc2c(n1)[nH]c1ccccc12)Nc1ccc(I)cc1. The van der Waals surface area contributed by atoms with Crippen LogP contribution in [0, 0.1) is 3.57 Å². The molecule has 4 aromatic rings. The molecule has 124 valence electrons. The van der Waals surface area contributed by atoms with Gasteiger partial charge in [-0.25, -0.2) is 4.98 Å². The third-order valence-electron chi connectivity index (χ3n) is 3.56. The fourth-order valence-corrected chi connectivity index (χ4v) is 3.37. The van der Waals surface area contributed by atoms with Crippen molar-refractivity contribution in [1.29, 1.82) is 0 Å². The Hall–Kier alpha value is -2.20. The summed E-state index contributed by atoms with van der Waals surface area (Å²) in [4.78, 5) is 19.7. The summed E-state index contributed by atoms with van der Waals surface area (Å²) in [7, 11) is 0. The van der Waals surface area contributed by atoms with Crippen molar-refractivity contribution in [2.75, 3.05) is 11.1 Å². The number of H-pyrrole nitrogens is 1. The summed E-state index contributed by atoms with van der Waals surface area (Å²) in [6.07, 6.45) is 0. The van der Waals surface area contributed by atoms with Crippen LogP contribution in [-0.4, -0.2) is 31.8 Å². The van der Waals surface area contributed by atoms with Crippen molar-refractivity contribution in [3.05, 3.63) is 52.1 Å². The number of carbonyl (C=O) groups is 1. The van der Waals surface area contributed by atoms with E-state index in [1.54, 1.807) is 0 Å². The third kappa shape index (κ3) is 3.59. The third-order valence-corrected chi connectivity index (χ3v) is 5.12. The van der Waals surface area contributed by atoms with Crippen molar-refractivity contribution in [3.8, 4) is 0 Å². The number of fused-ring (bicyclic) bond motifs is 3. The lowest BCUT2D eigenvalue weighted by Crippen LogP contribution is -2.14. The maximum Gasteiger partial charge on any atom is 0.234 e. The van der Waals surface area contributed by atoms with E-state index in [1.165, 1.54) is 11.8 Å². The zero-order valence-corrected chi connectivity index (χ0v) is 15.8. The summed E-state index contributed by atoms with van der Waals surface area (Å²) in [6, 6.07) is 15.5. The Morgan fingerprint density at radius 2 is 1.92 bits per heavy atom. The van der Waals surface area contributed by atoms with Crippen LogP contribution in [0.4, 0.5) is 5.69 Å². The first-order chi connectivity index (χ1) is 12.2. The zero-order chi connectivity index (χ0) is 17.2. The maximum absolute atomic E-state index is 12.1. The second kappa shape index (κ2) is 6.96. The lowest BCUT2D eigenvalue weighted by molar-refractivity contribution is -0.113. The predicted molar refractivity (Wildman–Crippen MR) is 108 cm³/mol. The second-order valence-electron chi connectivity index (χ2n) is 5.31. The molecule has 6 nitrogen and oxygen atoms in total. The smallest absolute Gasteiger partial charge is 0.234 e. The van der Waals surface area contributed by atoms with Crippen molar-refractivity contribution < 1.29 is 4.79 Å². The van der Waals surface area contributed by atoms with E-state index in [2.05, 4.69) is 48.1 Å². The molecule has 2 heterocycles. The van der Waals surface area contributed by atoms with Gasteiger partial charge in [0.25, 0.3) is 0 Å². The van der Waals surface area contributed by atoms with Gasteiger partial charge in [0, 0.05) is 20.2 Å². The van der Waals surface area contributed by atoms with Crippen LogP contribution in [0.5, 0.6) is 0 Å². The lowest BCUT2D eigenvalue weighted by Gasteiger charge is -2.04. The van der Waals surface area contributed by atoms with Crippen molar-refractivity contribution in [2.45, 2.75) is 5.16 Å². The van der Waals surface area contributed by atoms with Crippen LogP contribution in [0.3, 0.4) is 0 Å². The average Bonchev–Trinajstić information content (AvgIpc) is 3.00. The van der Waals surface area contributed by atoms with Gasteiger partial charge < -0.3 is 10.3 Å². The molecule has 0 spiro atoms. The largest absolute Gasteiger partial charge is 0.338 e. The van der Waals surface area contributed by atoms with Crippen LogP contribution in [0.2, 0.25) is 0 Å². The summed E-state index contributed by atoms with van der Waals surface area (Å²) in [5, 5.41) is 12.7. The number of rotatable bonds is 4. The highest BCUT2D eigenvalue weighted by Crippen LogP contribution is 2.23. The van der Waals surface area contributed by atoms with E-state index < -0.39 is 0 Å². The highest BCUT2D eigenvalue weighted by molar-refractivity contribution is 14.1. The predicted octanol–water partition coefficient (Wildman–Crippen LogP) is 3.84. The van der Waals surface area contributed by atoms with Gasteiger partial charge in [-0.05, 0) is 52.9 Å². The molecule has 0 bridgehead atoms. The van der Waals surface area contributed by atoms with E-state index in [0.29, 0.717) is 10.8 Å². The van der Waals surface area contributed by atoms with Gasteiger partial charge in [-0.3, -0.25) is 4.79 Å². The van der Waals surface area contributed by atoms with Gasteiger partial charge in [-0.15, -0.1) is 10.2 Å². The molecule has 0 atom stereocenters. The van der Waals surface area contributed by atoms with Crippen molar-refractivity contribution in [2.24, 2.45) is 0 Å². The number of halogens is 1. The standard InChI is InChI=1S/C17H12IN5OS/c18-10-5-7-11(8-6-10)19-14(24)9-25-17-21-16-15(22-23-17)12-3-1-2-4-13(12)20-16/h1-8H,9H2,(H,19,24)(H,20,21,23). The minimum absolute atomic E-state index is 0.105. The molecule has 0 aliphatic rings. The Morgan fingerprint density at radius 3 is 2.76 bits per heavy atom. The van der Waals surface area contributed by atoms with Crippen LogP contribution in [0.15, 0.2) is 53.7 Å². The molecule has 0 aliphatic carbocycles. The van der Waals surface area contributed by atoms with Gasteiger partial charge in [-0.2, -0.15) is 0 Å². The number of aromatic nitrogens is 4. The molecule has 4 rings (SSSR count). The molecule has 0 aliphatic heterocycles. The van der Waals surface area contributed by atoms with E-state index in [4.69, 9.17) is 0 Å². The van der Waals surface area contributed by atoms with Crippen LogP contribution in [0.1, 0.15) is 0 Å². The summed E-state index contributed by atoms with van der Waals surface area (Å²) >= 11 is 3.48. The molecule has 0 unspecified atom stereocenters. The van der Waals surface area contributed by atoms with Crippen molar-refractivity contribution in [1.82, 2.24) is 20.2 Å². The fraction of sp³-hybridized carbons (Fsp3) is 0.0588. The molecule has 0 saturated heterocycles. The van der Waals surface area contributed by atoms with Gasteiger partial charge >= 0.3 is 0 Å². The molecular weight excluding hydrogens is 449 g/mol. The second-order valence-corrected chi connectivity index (χ2v) is 7.49. The lowest BCUT2D eigenvalue weighted by atomic mass is 10.2. The molecule has 2 aromatic carbocycles. The number of thioether (sulfide) groups is 1. The van der Waals surface area contributed by atoms with Gasteiger partial charge in [0.15, 0.2) is 5.65 Å². The summed E-state index contributed by atoms with van der Waals surface area (Å²) < 4.78 is 1.12. The first-order valence-electron chi connectivity index (χ1n) is 7.48. The first kappa shape index (κ1) is 16.3. The van der Waals surface area contributed by atoms with E-state index in [-0.39, 0.29) is 11.7 Å². The zero-order valence-electron chi connectivity index (χ0n) is 12.9. The molecular formula is C17H12IN5OS. The molecule has 2 N–H and O–H groups in total. The Labute approximate surface area is 161 Å². The quantitative estimate of drug-likeness (QED) is 0.357. The fourth-order valence-electron chi connectivity index (χ4n) is 2.43. The van der Waals surface area contributed by atoms with E-state index in [1.807, 2.05) is 48.5 Å². The Bertz CT molecular complexity index is 1060. The molecule has 25 heavy (non-hydrogen) atoms. The molecule has 0 radical (unpaired) electrons. The first-order valence-corrected chi connectivity index (χ1v) is 9.55. The average molecular weight is 461 g/mol. The molecule has 1 amide bonds. The van der Waals surface area contributed by atoms with Crippen LogP contribution >= 0.6 is 34.4 Å². The van der Waals surface area contributed by atoms with Crippen LogP contribution in [0.25, 0.3) is 22.1 Å². The molecule has 0 fully saturated rings. The minimum Gasteiger partial charge on any atom is -0.338 e. The Balaban J connectivity index is 1.46. The number of nitrogens with zero attached hydrogens (tertiary/aromatic N) is 3. The van der Waals surface area contributed by atoms with Gasteiger partial charge in [0.2, 0.25) is 11.1 Å². The van der Waals surface area contributed by atoms with Gasteiger partial charge in [0.05, 0.1) is 5.75 Å². The number of para-hydroxylation sites is 1. The molecule has 0 saturated carbocycles. The summed E-state index contributed by atoms with van der Waals surface area (Å²) in [5.74, 6) is 0.117. The van der Waals surface area contributed by atoms with E-state index in [0.717, 1.165) is 25.7 Å². The highest BCUT2D eigenvalue weighted by Gasteiger charge is 2.10. The van der Waals surface area contributed by atoms with Crippen molar-refractivity contribution >= 4 is 68.0 Å².